The van der Waals surface area contributed by atoms with Gasteiger partial charge in [-0.1, -0.05) is 11.6 Å². The van der Waals surface area contributed by atoms with Gasteiger partial charge in [0.15, 0.2) is 0 Å². The van der Waals surface area contributed by atoms with Crippen LogP contribution in [-0.4, -0.2) is 10.9 Å². The predicted octanol–water partition coefficient (Wildman–Crippen LogP) is 3.88. The van der Waals surface area contributed by atoms with Gasteiger partial charge in [-0.05, 0) is 30.3 Å². The number of carbonyl (C=O) groups is 1. The van der Waals surface area contributed by atoms with Crippen LogP contribution in [0.2, 0.25) is 5.15 Å². The molecule has 0 saturated carbocycles. The molecule has 2 aromatic rings. The highest BCUT2D eigenvalue weighted by atomic mass is 35.5. The number of alkyl halides is 3. The van der Waals surface area contributed by atoms with Crippen LogP contribution >= 0.6 is 11.6 Å². The van der Waals surface area contributed by atoms with E-state index in [0.29, 0.717) is 0 Å². The smallest absolute Gasteiger partial charge is 0.322 e. The Hall–Kier alpha value is -2.59. The monoisotopic (exact) mass is 325 g/mol. The molecule has 0 aliphatic rings. The number of nitriles is 1. The maximum atomic E-state index is 12.7. The van der Waals surface area contributed by atoms with Gasteiger partial charge in [-0.2, -0.15) is 18.4 Å². The third-order valence-corrected chi connectivity index (χ3v) is 3.01. The number of amides is 1. The number of nitrogens with one attached hydrogen (secondary N) is 1. The number of nitrogens with zero attached hydrogens (tertiary/aromatic N) is 2. The molecule has 4 nitrogen and oxygen atoms in total. The van der Waals surface area contributed by atoms with Crippen molar-refractivity contribution in [2.24, 2.45) is 0 Å². The van der Waals surface area contributed by atoms with Crippen LogP contribution in [0.5, 0.6) is 0 Å². The predicted molar refractivity (Wildman–Crippen MR) is 73.4 cm³/mol. The van der Waals surface area contributed by atoms with Crippen molar-refractivity contribution in [3.63, 3.8) is 0 Å². The van der Waals surface area contributed by atoms with E-state index in [2.05, 4.69) is 10.3 Å². The molecule has 22 heavy (non-hydrogen) atoms. The van der Waals surface area contributed by atoms with E-state index in [-0.39, 0.29) is 16.4 Å². The van der Waals surface area contributed by atoms with Gasteiger partial charge in [-0.25, -0.2) is 4.98 Å². The quantitative estimate of drug-likeness (QED) is 0.852. The standard InChI is InChI=1S/C14H7ClF3N3O/c15-12-10(2-1-5-20-12)13(22)21-9-3-4-11(14(16,17)18)8(6-9)7-19/h1-6H,(H,21,22). The highest BCUT2D eigenvalue weighted by Gasteiger charge is 2.33. The van der Waals surface area contributed by atoms with Gasteiger partial charge in [0.05, 0.1) is 22.8 Å². The van der Waals surface area contributed by atoms with E-state index in [1.807, 2.05) is 0 Å². The Kier molecular flexibility index (Phi) is 4.33. The molecule has 2 rings (SSSR count). The molecule has 0 bridgehead atoms. The third kappa shape index (κ3) is 3.35. The van der Waals surface area contributed by atoms with Gasteiger partial charge in [0.1, 0.15) is 5.15 Å². The van der Waals surface area contributed by atoms with Gasteiger partial charge in [0.25, 0.3) is 5.91 Å². The van der Waals surface area contributed by atoms with Crippen LogP contribution in [0.25, 0.3) is 0 Å². The van der Waals surface area contributed by atoms with Crippen LogP contribution in [0, 0.1) is 11.3 Å². The summed E-state index contributed by atoms with van der Waals surface area (Å²) in [5.41, 5.74) is -1.52. The molecule has 1 heterocycles. The molecule has 0 spiro atoms. The van der Waals surface area contributed by atoms with Crippen molar-refractivity contribution < 1.29 is 18.0 Å². The first-order valence-corrected chi connectivity index (χ1v) is 6.24. The summed E-state index contributed by atoms with van der Waals surface area (Å²) in [5, 5.41) is 11.1. The normalized spacial score (nSPS) is 10.9. The average molecular weight is 326 g/mol. The number of pyridine rings is 1. The summed E-state index contributed by atoms with van der Waals surface area (Å²) >= 11 is 5.76. The number of hydrogen-bond acceptors (Lipinski definition) is 3. The van der Waals surface area contributed by atoms with E-state index in [0.717, 1.165) is 18.2 Å². The van der Waals surface area contributed by atoms with Gasteiger partial charge in [-0.15, -0.1) is 0 Å². The lowest BCUT2D eigenvalue weighted by Crippen LogP contribution is -2.14. The molecule has 0 aliphatic carbocycles. The molecule has 112 valence electrons. The summed E-state index contributed by atoms with van der Waals surface area (Å²) in [4.78, 5) is 15.7. The molecular weight excluding hydrogens is 319 g/mol. The van der Waals surface area contributed by atoms with Gasteiger partial charge in [-0.3, -0.25) is 4.79 Å². The lowest BCUT2D eigenvalue weighted by Gasteiger charge is -2.11. The topological polar surface area (TPSA) is 65.8 Å². The Labute approximate surface area is 128 Å². The maximum Gasteiger partial charge on any atom is 0.417 e. The minimum absolute atomic E-state index is 0.0348. The highest BCUT2D eigenvalue weighted by Crippen LogP contribution is 2.33. The zero-order valence-corrected chi connectivity index (χ0v) is 11.5. The van der Waals surface area contributed by atoms with Crippen LogP contribution < -0.4 is 5.32 Å². The first-order chi connectivity index (χ1) is 10.3. The van der Waals surface area contributed by atoms with Gasteiger partial charge in [0, 0.05) is 11.9 Å². The Morgan fingerprint density at radius 3 is 2.64 bits per heavy atom. The van der Waals surface area contributed by atoms with Crippen LogP contribution in [0.4, 0.5) is 18.9 Å². The first-order valence-electron chi connectivity index (χ1n) is 5.86. The fraction of sp³-hybridized carbons (Fsp3) is 0.0714. The van der Waals surface area contributed by atoms with Crippen molar-refractivity contribution in [3.05, 3.63) is 58.4 Å². The average Bonchev–Trinajstić information content (AvgIpc) is 2.46. The highest BCUT2D eigenvalue weighted by molar-refractivity contribution is 6.33. The van der Waals surface area contributed by atoms with E-state index in [4.69, 9.17) is 16.9 Å². The SMILES string of the molecule is N#Cc1cc(NC(=O)c2cccnc2Cl)ccc1C(F)(F)F. The van der Waals surface area contributed by atoms with Crippen LogP contribution in [-0.2, 0) is 6.18 Å². The number of hydrogen-bond donors (Lipinski definition) is 1. The van der Waals surface area contributed by atoms with Crippen molar-refractivity contribution >= 4 is 23.2 Å². The summed E-state index contributed by atoms with van der Waals surface area (Å²) in [7, 11) is 0. The molecule has 8 heteroatoms. The summed E-state index contributed by atoms with van der Waals surface area (Å²) < 4.78 is 38.0. The fourth-order valence-electron chi connectivity index (χ4n) is 1.72. The second kappa shape index (κ2) is 6.03. The summed E-state index contributed by atoms with van der Waals surface area (Å²) in [6.07, 6.45) is -3.24. The number of rotatable bonds is 2. The number of halogens is 4. The Balaban J connectivity index is 2.30. The minimum Gasteiger partial charge on any atom is -0.322 e. The summed E-state index contributed by atoms with van der Waals surface area (Å²) in [5.74, 6) is -0.637. The fourth-order valence-corrected chi connectivity index (χ4v) is 1.92. The number of carbonyl (C=O) groups excluding carboxylic acids is 1. The lowest BCUT2D eigenvalue weighted by atomic mass is 10.1. The zero-order valence-electron chi connectivity index (χ0n) is 10.8. The van der Waals surface area contributed by atoms with Crippen molar-refractivity contribution in [1.29, 1.82) is 5.26 Å². The van der Waals surface area contributed by atoms with Crippen molar-refractivity contribution in [3.8, 4) is 6.07 Å². The van der Waals surface area contributed by atoms with Crippen LogP contribution in [0.15, 0.2) is 36.5 Å². The molecule has 1 aromatic heterocycles. The van der Waals surface area contributed by atoms with Crippen molar-refractivity contribution in [1.82, 2.24) is 4.98 Å². The van der Waals surface area contributed by atoms with E-state index >= 15 is 0 Å². The third-order valence-electron chi connectivity index (χ3n) is 2.71. The lowest BCUT2D eigenvalue weighted by molar-refractivity contribution is -0.137. The summed E-state index contributed by atoms with van der Waals surface area (Å²) in [6.45, 7) is 0. The minimum atomic E-state index is -4.64. The molecule has 0 unspecified atom stereocenters. The van der Waals surface area contributed by atoms with E-state index < -0.39 is 23.2 Å². The number of benzene rings is 1. The van der Waals surface area contributed by atoms with E-state index in [1.54, 1.807) is 0 Å². The number of aromatic nitrogens is 1. The molecule has 1 N–H and O–H groups in total. The molecule has 0 fully saturated rings. The van der Waals surface area contributed by atoms with E-state index in [1.165, 1.54) is 24.4 Å². The largest absolute Gasteiger partial charge is 0.417 e. The first kappa shape index (κ1) is 15.8. The van der Waals surface area contributed by atoms with Crippen molar-refractivity contribution in [2.75, 3.05) is 5.32 Å². The van der Waals surface area contributed by atoms with Gasteiger partial charge >= 0.3 is 6.18 Å². The summed E-state index contributed by atoms with van der Waals surface area (Å²) in [6, 6.07) is 7.11. The van der Waals surface area contributed by atoms with Crippen LogP contribution in [0.1, 0.15) is 21.5 Å². The van der Waals surface area contributed by atoms with Gasteiger partial charge < -0.3 is 5.32 Å². The maximum absolute atomic E-state index is 12.7. The Morgan fingerprint density at radius 2 is 2.05 bits per heavy atom. The second-order valence-corrected chi connectivity index (χ2v) is 4.52. The Bertz CT molecular complexity index is 769. The van der Waals surface area contributed by atoms with E-state index in [9.17, 15) is 18.0 Å². The molecular formula is C14H7ClF3N3O. The molecule has 0 radical (unpaired) electrons. The zero-order chi connectivity index (χ0) is 16.3. The van der Waals surface area contributed by atoms with Crippen molar-refractivity contribution in [2.45, 2.75) is 6.18 Å². The molecule has 0 saturated heterocycles. The molecule has 0 aliphatic heterocycles. The number of anilines is 1. The Morgan fingerprint density at radius 1 is 1.32 bits per heavy atom. The molecule has 0 atom stereocenters. The van der Waals surface area contributed by atoms with Gasteiger partial charge in [0.2, 0.25) is 0 Å². The second-order valence-electron chi connectivity index (χ2n) is 4.17. The van der Waals surface area contributed by atoms with Crippen LogP contribution in [0.3, 0.4) is 0 Å². The molecule has 1 aromatic carbocycles. The molecule has 1 amide bonds.